The maximum atomic E-state index is 5.89. The predicted molar refractivity (Wildman–Crippen MR) is 86.4 cm³/mol. The molecule has 0 aliphatic rings. The number of aryl methyl sites for hydroxylation is 2. The first-order valence-electron chi connectivity index (χ1n) is 7.07. The van der Waals surface area contributed by atoms with Gasteiger partial charge in [0.05, 0.1) is 0 Å². The molecule has 0 bridgehead atoms. The molecule has 102 valence electrons. The second-order valence-electron chi connectivity index (χ2n) is 5.46. The Labute approximate surface area is 123 Å². The molecule has 0 spiro atoms. The molecule has 0 aliphatic carbocycles. The summed E-state index contributed by atoms with van der Waals surface area (Å²) in [7, 11) is 0. The van der Waals surface area contributed by atoms with E-state index in [-0.39, 0.29) is 0 Å². The van der Waals surface area contributed by atoms with Crippen LogP contribution in [0.25, 0.3) is 33.1 Å². The van der Waals surface area contributed by atoms with Crippen molar-refractivity contribution >= 4 is 21.9 Å². The molecule has 0 radical (unpaired) electrons. The van der Waals surface area contributed by atoms with E-state index in [9.17, 15) is 0 Å². The minimum atomic E-state index is 0.935. The normalized spacial score (nSPS) is 11.3. The number of furan rings is 1. The number of hydrogen-bond donors (Lipinski definition) is 0. The highest BCUT2D eigenvalue weighted by Crippen LogP contribution is 2.34. The highest BCUT2D eigenvalue weighted by atomic mass is 16.3. The lowest BCUT2D eigenvalue weighted by molar-refractivity contribution is 0.669. The molecule has 2 heteroatoms. The maximum Gasteiger partial charge on any atom is 0.135 e. The summed E-state index contributed by atoms with van der Waals surface area (Å²) in [6, 6.07) is 14.6. The predicted octanol–water partition coefficient (Wildman–Crippen LogP) is 5.26. The Hall–Kier alpha value is -2.61. The molecular formula is C19H15NO. The first kappa shape index (κ1) is 12.2. The van der Waals surface area contributed by atoms with Gasteiger partial charge in [-0.25, -0.2) is 0 Å². The van der Waals surface area contributed by atoms with Gasteiger partial charge in [-0.2, -0.15) is 0 Å². The van der Waals surface area contributed by atoms with Crippen LogP contribution in [0.2, 0.25) is 0 Å². The average molecular weight is 273 g/mol. The van der Waals surface area contributed by atoms with Crippen LogP contribution in [0.3, 0.4) is 0 Å². The smallest absolute Gasteiger partial charge is 0.135 e. The Kier molecular flexibility index (Phi) is 2.58. The van der Waals surface area contributed by atoms with Crippen molar-refractivity contribution in [1.29, 1.82) is 0 Å². The quantitative estimate of drug-likeness (QED) is 0.472. The first-order chi connectivity index (χ1) is 10.2. The zero-order valence-electron chi connectivity index (χ0n) is 12.1. The van der Waals surface area contributed by atoms with E-state index < -0.39 is 0 Å². The minimum absolute atomic E-state index is 0.935. The molecule has 0 atom stereocenters. The van der Waals surface area contributed by atoms with E-state index in [1.807, 2.05) is 30.6 Å². The lowest BCUT2D eigenvalue weighted by Gasteiger charge is -2.09. The highest BCUT2D eigenvalue weighted by molar-refractivity contribution is 6.06. The van der Waals surface area contributed by atoms with Gasteiger partial charge in [0.2, 0.25) is 0 Å². The van der Waals surface area contributed by atoms with Gasteiger partial charge in [-0.3, -0.25) is 4.98 Å². The Morgan fingerprint density at radius 2 is 1.52 bits per heavy atom. The summed E-state index contributed by atoms with van der Waals surface area (Å²) < 4.78 is 5.89. The van der Waals surface area contributed by atoms with Crippen molar-refractivity contribution < 1.29 is 4.42 Å². The maximum absolute atomic E-state index is 5.89. The van der Waals surface area contributed by atoms with E-state index in [0.717, 1.165) is 11.2 Å². The molecule has 0 fully saturated rings. The summed E-state index contributed by atoms with van der Waals surface area (Å²) in [6.45, 7) is 4.21. The molecule has 4 rings (SSSR count). The molecule has 0 N–H and O–H groups in total. The van der Waals surface area contributed by atoms with Crippen LogP contribution in [0.15, 0.2) is 59.3 Å². The molecule has 21 heavy (non-hydrogen) atoms. The molecule has 0 aliphatic heterocycles. The highest BCUT2D eigenvalue weighted by Gasteiger charge is 2.10. The molecule has 2 heterocycles. The summed E-state index contributed by atoms with van der Waals surface area (Å²) in [5, 5.41) is 2.33. The minimum Gasteiger partial charge on any atom is -0.456 e. The SMILES string of the molecule is Cc1cncc(C)c1-c1ccc2oc3ccccc3c2c1. The lowest BCUT2D eigenvalue weighted by atomic mass is 9.97. The Balaban J connectivity index is 2.05. The molecule has 2 nitrogen and oxygen atoms in total. The number of fused-ring (bicyclic) bond motifs is 3. The van der Waals surface area contributed by atoms with Gasteiger partial charge in [0.15, 0.2) is 0 Å². The van der Waals surface area contributed by atoms with Gasteiger partial charge >= 0.3 is 0 Å². The number of nitrogens with zero attached hydrogens (tertiary/aromatic N) is 1. The fourth-order valence-electron chi connectivity index (χ4n) is 3.04. The van der Waals surface area contributed by atoms with Crippen LogP contribution in [0, 0.1) is 13.8 Å². The standard InChI is InChI=1S/C19H15NO/c1-12-10-20-11-13(2)19(12)14-7-8-18-16(9-14)15-5-3-4-6-17(15)21-18/h3-11H,1-2H3. The van der Waals surface area contributed by atoms with Gasteiger partial charge in [-0.05, 0) is 54.3 Å². The van der Waals surface area contributed by atoms with Crippen molar-refractivity contribution in [2.45, 2.75) is 13.8 Å². The molecule has 0 amide bonds. The van der Waals surface area contributed by atoms with Crippen LogP contribution in [-0.2, 0) is 0 Å². The van der Waals surface area contributed by atoms with E-state index in [0.29, 0.717) is 0 Å². The van der Waals surface area contributed by atoms with Crippen molar-refractivity contribution in [3.05, 3.63) is 66.0 Å². The number of para-hydroxylation sites is 1. The van der Waals surface area contributed by atoms with Crippen LogP contribution in [0.5, 0.6) is 0 Å². The third-order valence-electron chi connectivity index (χ3n) is 3.99. The van der Waals surface area contributed by atoms with E-state index in [4.69, 9.17) is 4.42 Å². The van der Waals surface area contributed by atoms with E-state index >= 15 is 0 Å². The third kappa shape index (κ3) is 1.83. The third-order valence-corrected chi connectivity index (χ3v) is 3.99. The number of pyridine rings is 1. The monoisotopic (exact) mass is 273 g/mol. The Morgan fingerprint density at radius 1 is 0.810 bits per heavy atom. The van der Waals surface area contributed by atoms with E-state index in [1.54, 1.807) is 0 Å². The number of benzene rings is 2. The van der Waals surface area contributed by atoms with Gasteiger partial charge in [-0.1, -0.05) is 24.3 Å². The molecule has 0 saturated heterocycles. The second kappa shape index (κ2) is 4.45. The van der Waals surface area contributed by atoms with Crippen molar-refractivity contribution in [2.24, 2.45) is 0 Å². The number of rotatable bonds is 1. The second-order valence-corrected chi connectivity index (χ2v) is 5.46. The van der Waals surface area contributed by atoms with Gasteiger partial charge in [0, 0.05) is 23.2 Å². The largest absolute Gasteiger partial charge is 0.456 e. The zero-order chi connectivity index (χ0) is 14.4. The van der Waals surface area contributed by atoms with Crippen LogP contribution in [0.1, 0.15) is 11.1 Å². The first-order valence-corrected chi connectivity index (χ1v) is 7.07. The molecular weight excluding hydrogens is 258 g/mol. The fourth-order valence-corrected chi connectivity index (χ4v) is 3.04. The summed E-state index contributed by atoms with van der Waals surface area (Å²) >= 11 is 0. The lowest BCUT2D eigenvalue weighted by Crippen LogP contribution is -1.89. The van der Waals surface area contributed by atoms with Crippen LogP contribution >= 0.6 is 0 Å². The Morgan fingerprint density at radius 3 is 2.33 bits per heavy atom. The molecule has 2 aromatic carbocycles. The van der Waals surface area contributed by atoms with Gasteiger partial charge < -0.3 is 4.42 Å². The summed E-state index contributed by atoms with van der Waals surface area (Å²) in [4.78, 5) is 4.25. The molecule has 0 unspecified atom stereocenters. The average Bonchev–Trinajstić information content (AvgIpc) is 2.85. The Bertz CT molecular complexity index is 946. The van der Waals surface area contributed by atoms with Crippen LogP contribution < -0.4 is 0 Å². The van der Waals surface area contributed by atoms with Gasteiger partial charge in [-0.15, -0.1) is 0 Å². The van der Waals surface area contributed by atoms with Crippen LogP contribution in [0.4, 0.5) is 0 Å². The van der Waals surface area contributed by atoms with E-state index in [2.05, 4.69) is 43.1 Å². The van der Waals surface area contributed by atoms with Crippen molar-refractivity contribution in [3.63, 3.8) is 0 Å². The topological polar surface area (TPSA) is 26.0 Å². The van der Waals surface area contributed by atoms with E-state index in [1.165, 1.54) is 33.0 Å². The fraction of sp³-hybridized carbons (Fsp3) is 0.105. The van der Waals surface area contributed by atoms with Gasteiger partial charge in [0.25, 0.3) is 0 Å². The summed E-state index contributed by atoms with van der Waals surface area (Å²) in [5.74, 6) is 0. The molecule has 2 aromatic heterocycles. The molecule has 4 aromatic rings. The molecule has 0 saturated carbocycles. The number of hydrogen-bond acceptors (Lipinski definition) is 2. The summed E-state index contributed by atoms with van der Waals surface area (Å²) in [5.41, 5.74) is 6.74. The van der Waals surface area contributed by atoms with Gasteiger partial charge in [0.1, 0.15) is 11.2 Å². The van der Waals surface area contributed by atoms with Crippen LogP contribution in [-0.4, -0.2) is 4.98 Å². The van der Waals surface area contributed by atoms with Crippen molar-refractivity contribution in [1.82, 2.24) is 4.98 Å². The van der Waals surface area contributed by atoms with Crippen molar-refractivity contribution in [3.8, 4) is 11.1 Å². The number of aromatic nitrogens is 1. The zero-order valence-corrected chi connectivity index (χ0v) is 12.1. The summed E-state index contributed by atoms with van der Waals surface area (Å²) in [6.07, 6.45) is 3.83. The van der Waals surface area contributed by atoms with Crippen molar-refractivity contribution in [2.75, 3.05) is 0 Å².